The Balaban J connectivity index is 4.19. The molecule has 0 bridgehead atoms. The lowest BCUT2D eigenvalue weighted by Crippen LogP contribution is -2.49. The fraction of sp³-hybridized carbons (Fsp3) is 0.778. The number of hydrogen-bond acceptors (Lipinski definition) is 2. The van der Waals surface area contributed by atoms with E-state index in [9.17, 15) is 18.4 Å². The van der Waals surface area contributed by atoms with Crippen molar-refractivity contribution >= 4 is 12.0 Å². The van der Waals surface area contributed by atoms with Crippen molar-refractivity contribution in [3.05, 3.63) is 0 Å². The Bertz CT molecular complexity index is 249. The van der Waals surface area contributed by atoms with Crippen LogP contribution < -0.4 is 10.6 Å². The number of nitrogens with one attached hydrogen (secondary N) is 2. The van der Waals surface area contributed by atoms with Gasteiger partial charge in [-0.15, -0.1) is 0 Å². The number of carboxylic acids is 1. The first-order valence-electron chi connectivity index (χ1n) is 4.93. The standard InChI is InChI=1S/C9H16F2N2O3/c1-3-5(2)7(8(14)15)13-9(16)12-4-6(10)11/h5-7H,3-4H2,1-2H3,(H,14,15)(H2,12,13,16)/t5-,7-/m0/s1. The average Bonchev–Trinajstić information content (AvgIpc) is 2.21. The summed E-state index contributed by atoms with van der Waals surface area (Å²) in [7, 11) is 0. The highest BCUT2D eigenvalue weighted by atomic mass is 19.3. The molecule has 0 aromatic rings. The molecule has 0 aliphatic heterocycles. The van der Waals surface area contributed by atoms with Gasteiger partial charge in [-0.25, -0.2) is 18.4 Å². The van der Waals surface area contributed by atoms with Crippen LogP contribution in [0.1, 0.15) is 20.3 Å². The number of urea groups is 1. The number of halogens is 2. The van der Waals surface area contributed by atoms with Crippen LogP contribution in [0.3, 0.4) is 0 Å². The van der Waals surface area contributed by atoms with E-state index in [0.29, 0.717) is 6.42 Å². The fourth-order valence-electron chi connectivity index (χ4n) is 1.05. The molecule has 16 heavy (non-hydrogen) atoms. The van der Waals surface area contributed by atoms with E-state index < -0.39 is 31.0 Å². The summed E-state index contributed by atoms with van der Waals surface area (Å²) in [6.07, 6.45) is -2.09. The van der Waals surface area contributed by atoms with E-state index in [2.05, 4.69) is 5.32 Å². The van der Waals surface area contributed by atoms with Gasteiger partial charge in [0.15, 0.2) is 0 Å². The molecule has 3 N–H and O–H groups in total. The molecule has 94 valence electrons. The van der Waals surface area contributed by atoms with E-state index >= 15 is 0 Å². The zero-order valence-electron chi connectivity index (χ0n) is 9.17. The van der Waals surface area contributed by atoms with Crippen LogP contribution in [0.25, 0.3) is 0 Å². The van der Waals surface area contributed by atoms with Crippen molar-refractivity contribution < 1.29 is 23.5 Å². The number of carbonyl (C=O) groups is 2. The summed E-state index contributed by atoms with van der Waals surface area (Å²) >= 11 is 0. The second-order valence-electron chi connectivity index (χ2n) is 3.45. The maximum atomic E-state index is 11.8. The smallest absolute Gasteiger partial charge is 0.326 e. The topological polar surface area (TPSA) is 78.4 Å². The van der Waals surface area contributed by atoms with E-state index in [1.807, 2.05) is 5.32 Å². The van der Waals surface area contributed by atoms with Crippen LogP contribution >= 0.6 is 0 Å². The van der Waals surface area contributed by atoms with E-state index in [-0.39, 0.29) is 5.92 Å². The Kier molecular flexibility index (Phi) is 6.36. The summed E-state index contributed by atoms with van der Waals surface area (Å²) in [4.78, 5) is 21.8. The molecule has 0 aliphatic rings. The predicted molar refractivity (Wildman–Crippen MR) is 53.4 cm³/mol. The Morgan fingerprint density at radius 1 is 1.38 bits per heavy atom. The van der Waals surface area contributed by atoms with Crippen molar-refractivity contribution in [1.82, 2.24) is 10.6 Å². The number of amides is 2. The largest absolute Gasteiger partial charge is 0.480 e. The zero-order chi connectivity index (χ0) is 12.7. The first kappa shape index (κ1) is 14.6. The minimum absolute atomic E-state index is 0.269. The SMILES string of the molecule is CC[C@H](C)[C@H](NC(=O)NCC(F)F)C(=O)O. The summed E-state index contributed by atoms with van der Waals surface area (Å²) in [5, 5.41) is 12.8. The fourth-order valence-corrected chi connectivity index (χ4v) is 1.05. The van der Waals surface area contributed by atoms with Gasteiger partial charge in [0.2, 0.25) is 0 Å². The molecular weight excluding hydrogens is 222 g/mol. The molecule has 0 fully saturated rings. The Morgan fingerprint density at radius 3 is 2.31 bits per heavy atom. The molecular formula is C9H16F2N2O3. The van der Waals surface area contributed by atoms with Gasteiger partial charge in [0.25, 0.3) is 6.43 Å². The zero-order valence-corrected chi connectivity index (χ0v) is 9.17. The normalized spacial score (nSPS) is 14.3. The lowest BCUT2D eigenvalue weighted by atomic mass is 9.99. The van der Waals surface area contributed by atoms with Crippen molar-refractivity contribution in [2.24, 2.45) is 5.92 Å². The first-order chi connectivity index (χ1) is 7.38. The third-order valence-corrected chi connectivity index (χ3v) is 2.18. The lowest BCUT2D eigenvalue weighted by molar-refractivity contribution is -0.140. The van der Waals surface area contributed by atoms with Crippen molar-refractivity contribution in [3.63, 3.8) is 0 Å². The molecule has 0 saturated heterocycles. The Labute approximate surface area is 92.2 Å². The second-order valence-corrected chi connectivity index (χ2v) is 3.45. The van der Waals surface area contributed by atoms with Gasteiger partial charge in [-0.2, -0.15) is 0 Å². The number of carboxylic acid groups (broad SMARTS) is 1. The molecule has 0 aliphatic carbocycles. The molecule has 2 amide bonds. The highest BCUT2D eigenvalue weighted by molar-refractivity contribution is 5.82. The van der Waals surface area contributed by atoms with E-state index in [1.54, 1.807) is 13.8 Å². The molecule has 0 heterocycles. The molecule has 7 heteroatoms. The summed E-state index contributed by atoms with van der Waals surface area (Å²) in [6, 6.07) is -1.96. The van der Waals surface area contributed by atoms with E-state index in [0.717, 1.165) is 0 Å². The van der Waals surface area contributed by atoms with E-state index in [1.165, 1.54) is 0 Å². The molecule has 0 radical (unpaired) electrons. The minimum atomic E-state index is -2.65. The van der Waals surface area contributed by atoms with Gasteiger partial charge in [-0.1, -0.05) is 20.3 Å². The van der Waals surface area contributed by atoms with Crippen LogP contribution in [-0.4, -0.2) is 36.1 Å². The molecule has 5 nitrogen and oxygen atoms in total. The van der Waals surface area contributed by atoms with Crippen LogP contribution in [0.15, 0.2) is 0 Å². The van der Waals surface area contributed by atoms with Crippen LogP contribution in [-0.2, 0) is 4.79 Å². The van der Waals surface area contributed by atoms with Gasteiger partial charge in [0.05, 0.1) is 6.54 Å². The summed E-state index contributed by atoms with van der Waals surface area (Å²) in [6.45, 7) is 2.64. The lowest BCUT2D eigenvalue weighted by Gasteiger charge is -2.20. The minimum Gasteiger partial charge on any atom is -0.480 e. The monoisotopic (exact) mass is 238 g/mol. The van der Waals surface area contributed by atoms with Crippen molar-refractivity contribution in [2.45, 2.75) is 32.7 Å². The molecule has 0 aromatic heterocycles. The molecule has 0 spiro atoms. The Morgan fingerprint density at radius 2 is 1.94 bits per heavy atom. The summed E-state index contributed by atoms with van der Waals surface area (Å²) < 4.78 is 23.5. The van der Waals surface area contributed by atoms with Crippen molar-refractivity contribution in [1.29, 1.82) is 0 Å². The van der Waals surface area contributed by atoms with Crippen molar-refractivity contribution in [3.8, 4) is 0 Å². The van der Waals surface area contributed by atoms with Crippen LogP contribution in [0, 0.1) is 5.92 Å². The van der Waals surface area contributed by atoms with Crippen molar-refractivity contribution in [2.75, 3.05) is 6.54 Å². The maximum absolute atomic E-state index is 11.8. The third kappa shape index (κ3) is 5.47. The maximum Gasteiger partial charge on any atom is 0.326 e. The molecule has 2 atom stereocenters. The number of alkyl halides is 2. The third-order valence-electron chi connectivity index (χ3n) is 2.18. The predicted octanol–water partition coefficient (Wildman–Crippen LogP) is 1.05. The molecule has 0 aromatic carbocycles. The average molecular weight is 238 g/mol. The van der Waals surface area contributed by atoms with Crippen LogP contribution in [0.4, 0.5) is 13.6 Å². The Hall–Kier alpha value is -1.40. The molecule has 0 unspecified atom stereocenters. The highest BCUT2D eigenvalue weighted by Crippen LogP contribution is 2.07. The van der Waals surface area contributed by atoms with E-state index in [4.69, 9.17) is 5.11 Å². The van der Waals surface area contributed by atoms with Crippen LogP contribution in [0.5, 0.6) is 0 Å². The summed E-state index contributed by atoms with van der Waals surface area (Å²) in [5.74, 6) is -1.45. The number of carbonyl (C=O) groups excluding carboxylic acids is 1. The van der Waals surface area contributed by atoms with Gasteiger partial charge < -0.3 is 15.7 Å². The van der Waals surface area contributed by atoms with Gasteiger partial charge in [-0.05, 0) is 5.92 Å². The first-order valence-corrected chi connectivity index (χ1v) is 4.93. The molecule has 0 rings (SSSR count). The number of rotatable bonds is 6. The quantitative estimate of drug-likeness (QED) is 0.647. The summed E-state index contributed by atoms with van der Waals surface area (Å²) in [5.41, 5.74) is 0. The van der Waals surface area contributed by atoms with Gasteiger partial charge in [-0.3, -0.25) is 0 Å². The number of hydrogen-bond donors (Lipinski definition) is 3. The highest BCUT2D eigenvalue weighted by Gasteiger charge is 2.25. The van der Waals surface area contributed by atoms with Gasteiger partial charge in [0.1, 0.15) is 6.04 Å². The van der Waals surface area contributed by atoms with Crippen LogP contribution in [0.2, 0.25) is 0 Å². The molecule has 0 saturated carbocycles. The van der Waals surface area contributed by atoms with Gasteiger partial charge in [0, 0.05) is 0 Å². The number of aliphatic carboxylic acids is 1. The van der Waals surface area contributed by atoms with Gasteiger partial charge >= 0.3 is 12.0 Å². The second kappa shape index (κ2) is 6.97.